The van der Waals surface area contributed by atoms with Gasteiger partial charge in [0, 0.05) is 61.1 Å². The predicted molar refractivity (Wildman–Crippen MR) is 70.1 cm³/mol. The third kappa shape index (κ3) is 5.94. The maximum Gasteiger partial charge on any atom is 0.0362 e. The first kappa shape index (κ1) is 14.1. The topological polar surface area (TPSA) is 49.6 Å². The van der Waals surface area contributed by atoms with Crippen LogP contribution in [0.5, 0.6) is 0 Å². The number of likely N-dealkylation sites (N-methyl/N-ethyl adjacent to an activating group) is 1. The van der Waals surface area contributed by atoms with Crippen molar-refractivity contribution >= 4 is 10.8 Å². The van der Waals surface area contributed by atoms with Gasteiger partial charge in [-0.05, 0) is 20.4 Å². The maximum atomic E-state index is 11.7. The van der Waals surface area contributed by atoms with E-state index in [0.717, 1.165) is 50.7 Å². The van der Waals surface area contributed by atoms with Crippen molar-refractivity contribution in [3.8, 4) is 0 Å². The summed E-state index contributed by atoms with van der Waals surface area (Å²) in [6.45, 7) is 7.43. The lowest BCUT2D eigenvalue weighted by atomic mass is 10.3. The number of hydrogen-bond donors (Lipinski definition) is 1. The molecule has 1 saturated heterocycles. The van der Waals surface area contributed by atoms with Crippen LogP contribution in [-0.4, -0.2) is 71.3 Å². The van der Waals surface area contributed by atoms with Gasteiger partial charge in [-0.1, -0.05) is 0 Å². The van der Waals surface area contributed by atoms with E-state index in [2.05, 4.69) is 16.8 Å². The molecule has 0 saturated carbocycles. The van der Waals surface area contributed by atoms with Crippen LogP contribution in [0.15, 0.2) is 0 Å². The predicted octanol–water partition coefficient (Wildman–Crippen LogP) is -0.280. The van der Waals surface area contributed by atoms with Crippen LogP contribution in [0.4, 0.5) is 0 Å². The van der Waals surface area contributed by atoms with Gasteiger partial charge in [0.25, 0.3) is 0 Å². The van der Waals surface area contributed by atoms with Crippen molar-refractivity contribution in [1.29, 1.82) is 0 Å². The van der Waals surface area contributed by atoms with E-state index in [9.17, 15) is 4.21 Å². The normalized spacial score (nSPS) is 23.2. The zero-order chi connectivity index (χ0) is 12.0. The Hall–Kier alpha value is 0.0300. The molecule has 0 aliphatic carbocycles. The molecule has 2 unspecified atom stereocenters. The molecule has 96 valence electrons. The van der Waals surface area contributed by atoms with Crippen LogP contribution in [-0.2, 0) is 10.8 Å². The first-order valence-corrected chi connectivity index (χ1v) is 7.58. The summed E-state index contributed by atoms with van der Waals surface area (Å²) in [5.74, 6) is 1.56. The highest BCUT2D eigenvalue weighted by Gasteiger charge is 2.14. The van der Waals surface area contributed by atoms with Gasteiger partial charge in [0.2, 0.25) is 0 Å². The second kappa shape index (κ2) is 7.37. The molecule has 1 aliphatic heterocycles. The van der Waals surface area contributed by atoms with Gasteiger partial charge in [-0.25, -0.2) is 0 Å². The second-order valence-electron chi connectivity index (χ2n) is 4.76. The van der Waals surface area contributed by atoms with Crippen LogP contribution in [0.1, 0.15) is 13.3 Å². The van der Waals surface area contributed by atoms with Gasteiger partial charge in [-0.15, -0.1) is 0 Å². The fourth-order valence-electron chi connectivity index (χ4n) is 1.72. The van der Waals surface area contributed by atoms with Gasteiger partial charge in [0.1, 0.15) is 0 Å². The molecule has 16 heavy (non-hydrogen) atoms. The minimum atomic E-state index is -0.686. The fraction of sp³-hybridized carbons (Fsp3) is 1.00. The fourth-order valence-corrected chi connectivity index (χ4v) is 3.02. The summed E-state index contributed by atoms with van der Waals surface area (Å²) in [6.07, 6.45) is 0.870. The van der Waals surface area contributed by atoms with E-state index in [0.29, 0.717) is 0 Å². The quantitative estimate of drug-likeness (QED) is 0.701. The highest BCUT2D eigenvalue weighted by Crippen LogP contribution is 2.00. The van der Waals surface area contributed by atoms with E-state index in [-0.39, 0.29) is 6.04 Å². The Morgan fingerprint density at radius 3 is 2.44 bits per heavy atom. The molecule has 1 fully saturated rings. The van der Waals surface area contributed by atoms with Crippen LogP contribution in [0.2, 0.25) is 0 Å². The molecule has 0 aromatic carbocycles. The Balaban J connectivity index is 2.07. The Bertz CT molecular complexity index is 215. The van der Waals surface area contributed by atoms with Crippen LogP contribution in [0.25, 0.3) is 0 Å². The van der Waals surface area contributed by atoms with Gasteiger partial charge in [0.15, 0.2) is 0 Å². The van der Waals surface area contributed by atoms with Gasteiger partial charge in [0.05, 0.1) is 0 Å². The lowest BCUT2D eigenvalue weighted by Gasteiger charge is -2.32. The van der Waals surface area contributed by atoms with Gasteiger partial charge < -0.3 is 10.6 Å². The highest BCUT2D eigenvalue weighted by atomic mass is 32.2. The molecule has 2 N–H and O–H groups in total. The molecule has 1 rings (SSSR count). The minimum Gasteiger partial charge on any atom is -0.328 e. The van der Waals surface area contributed by atoms with E-state index < -0.39 is 10.8 Å². The summed E-state index contributed by atoms with van der Waals surface area (Å²) < 4.78 is 11.7. The SMILES string of the molecule is CC(N)CCS(=O)CCN1CCN(C)CC1. The summed E-state index contributed by atoms with van der Waals surface area (Å²) in [6, 6.07) is 0.174. The monoisotopic (exact) mass is 247 g/mol. The number of rotatable bonds is 6. The lowest BCUT2D eigenvalue weighted by molar-refractivity contribution is 0.161. The van der Waals surface area contributed by atoms with E-state index >= 15 is 0 Å². The summed E-state index contributed by atoms with van der Waals surface area (Å²) in [5.41, 5.74) is 5.64. The molecule has 1 aliphatic rings. The van der Waals surface area contributed by atoms with E-state index in [1.807, 2.05) is 6.92 Å². The smallest absolute Gasteiger partial charge is 0.0362 e. The average Bonchev–Trinajstić information content (AvgIpc) is 2.25. The minimum absolute atomic E-state index is 0.174. The molecule has 0 radical (unpaired) electrons. The summed E-state index contributed by atoms with van der Waals surface area (Å²) in [7, 11) is 1.46. The van der Waals surface area contributed by atoms with E-state index in [1.54, 1.807) is 0 Å². The van der Waals surface area contributed by atoms with Crippen molar-refractivity contribution in [2.45, 2.75) is 19.4 Å². The molecular weight excluding hydrogens is 222 g/mol. The van der Waals surface area contributed by atoms with Crippen molar-refractivity contribution in [2.24, 2.45) is 5.73 Å². The van der Waals surface area contributed by atoms with Crippen molar-refractivity contribution in [1.82, 2.24) is 9.80 Å². The maximum absolute atomic E-state index is 11.7. The van der Waals surface area contributed by atoms with Gasteiger partial charge in [-0.3, -0.25) is 9.11 Å². The number of nitrogens with zero attached hydrogens (tertiary/aromatic N) is 2. The van der Waals surface area contributed by atoms with Crippen LogP contribution >= 0.6 is 0 Å². The first-order valence-electron chi connectivity index (χ1n) is 6.09. The average molecular weight is 247 g/mol. The summed E-state index contributed by atoms with van der Waals surface area (Å²) >= 11 is 0. The van der Waals surface area contributed by atoms with E-state index in [4.69, 9.17) is 5.73 Å². The zero-order valence-electron chi connectivity index (χ0n) is 10.5. The Labute approximate surface area is 102 Å². The molecular formula is C11H25N3OS. The van der Waals surface area contributed by atoms with Gasteiger partial charge in [-0.2, -0.15) is 0 Å². The van der Waals surface area contributed by atoms with Crippen molar-refractivity contribution < 1.29 is 4.21 Å². The molecule has 0 bridgehead atoms. The molecule has 0 aromatic heterocycles. The molecule has 1 heterocycles. The van der Waals surface area contributed by atoms with E-state index in [1.165, 1.54) is 0 Å². The first-order chi connectivity index (χ1) is 7.58. The molecule has 4 nitrogen and oxygen atoms in total. The third-order valence-electron chi connectivity index (χ3n) is 3.03. The number of piperazine rings is 1. The van der Waals surface area contributed by atoms with Crippen molar-refractivity contribution in [2.75, 3.05) is 51.3 Å². The van der Waals surface area contributed by atoms with Crippen LogP contribution in [0, 0.1) is 0 Å². The number of hydrogen-bond acceptors (Lipinski definition) is 4. The van der Waals surface area contributed by atoms with Crippen molar-refractivity contribution in [3.63, 3.8) is 0 Å². The van der Waals surface area contributed by atoms with Crippen LogP contribution in [0.3, 0.4) is 0 Å². The Kier molecular flexibility index (Phi) is 6.49. The van der Waals surface area contributed by atoms with Gasteiger partial charge >= 0.3 is 0 Å². The molecule has 5 heteroatoms. The summed E-state index contributed by atoms with van der Waals surface area (Å²) in [5, 5.41) is 0. The lowest BCUT2D eigenvalue weighted by Crippen LogP contribution is -2.45. The molecule has 0 amide bonds. The molecule has 2 atom stereocenters. The van der Waals surface area contributed by atoms with Crippen molar-refractivity contribution in [3.05, 3.63) is 0 Å². The Morgan fingerprint density at radius 2 is 1.88 bits per heavy atom. The van der Waals surface area contributed by atoms with Crippen LogP contribution < -0.4 is 5.73 Å². The summed E-state index contributed by atoms with van der Waals surface area (Å²) in [4.78, 5) is 4.74. The largest absolute Gasteiger partial charge is 0.328 e. The number of nitrogens with two attached hydrogens (primary N) is 1. The molecule has 0 spiro atoms. The zero-order valence-corrected chi connectivity index (χ0v) is 11.3. The third-order valence-corrected chi connectivity index (χ3v) is 4.36. The standard InChI is InChI=1S/C11H25N3OS/c1-11(12)3-9-16(15)10-8-14-6-4-13(2)5-7-14/h11H,3-10,12H2,1-2H3. The molecule has 0 aromatic rings. The highest BCUT2D eigenvalue weighted by molar-refractivity contribution is 7.84. The second-order valence-corrected chi connectivity index (χ2v) is 6.46. The Morgan fingerprint density at radius 1 is 1.25 bits per heavy atom.